The van der Waals surface area contributed by atoms with Crippen LogP contribution in [0.2, 0.25) is 0 Å². The van der Waals surface area contributed by atoms with E-state index in [1.165, 1.54) is 18.0 Å². The topological polar surface area (TPSA) is 80.5 Å². The van der Waals surface area contributed by atoms with E-state index in [1.807, 2.05) is 13.8 Å². The average molecular weight is 310 g/mol. The van der Waals surface area contributed by atoms with Gasteiger partial charge in [-0.3, -0.25) is 4.79 Å². The number of hydrogen-bond acceptors (Lipinski definition) is 6. The first kappa shape index (κ1) is 14.6. The van der Waals surface area contributed by atoms with Crippen molar-refractivity contribution in [3.05, 3.63) is 5.56 Å². The Morgan fingerprint density at radius 2 is 2.33 bits per heavy atom. The van der Waals surface area contributed by atoms with Crippen LogP contribution in [0.3, 0.4) is 0 Å². The highest BCUT2D eigenvalue weighted by molar-refractivity contribution is 7.11. The summed E-state index contributed by atoms with van der Waals surface area (Å²) in [6, 6.07) is 0.428. The van der Waals surface area contributed by atoms with E-state index in [9.17, 15) is 4.79 Å². The molecule has 21 heavy (non-hydrogen) atoms. The molecule has 1 aromatic heterocycles. The monoisotopic (exact) mass is 310 g/mol. The minimum atomic E-state index is -0.132. The van der Waals surface area contributed by atoms with E-state index >= 15 is 0 Å². The number of nitrogens with one attached hydrogen (secondary N) is 1. The maximum atomic E-state index is 12.4. The Labute approximate surface area is 128 Å². The van der Waals surface area contributed by atoms with Gasteiger partial charge in [-0.1, -0.05) is 0 Å². The van der Waals surface area contributed by atoms with Gasteiger partial charge in [0.05, 0.1) is 18.8 Å². The molecular weight excluding hydrogens is 288 g/mol. The number of carbonyl (C=O) groups excluding carboxylic acids is 1. The van der Waals surface area contributed by atoms with Gasteiger partial charge in [-0.25, -0.2) is 0 Å². The van der Waals surface area contributed by atoms with Crippen LogP contribution in [0, 0.1) is 0 Å². The summed E-state index contributed by atoms with van der Waals surface area (Å²) in [6.45, 7) is 5.37. The predicted octanol–water partition coefficient (Wildman–Crippen LogP) is 1.62. The van der Waals surface area contributed by atoms with E-state index in [1.54, 1.807) is 0 Å². The Kier molecular flexibility index (Phi) is 4.03. The third-order valence-corrected chi connectivity index (χ3v) is 4.99. The van der Waals surface area contributed by atoms with Gasteiger partial charge in [0.1, 0.15) is 10.6 Å². The van der Waals surface area contributed by atoms with Crippen LogP contribution in [0.15, 0.2) is 0 Å². The molecule has 6 nitrogen and oxygen atoms in total. The fraction of sp³-hybridized carbons (Fsp3) is 0.714. The molecule has 0 aromatic carbocycles. The van der Waals surface area contributed by atoms with E-state index in [4.69, 9.17) is 10.5 Å². The Bertz CT molecular complexity index is 531. The number of fused-ring (bicyclic) bond motifs is 1. The zero-order chi connectivity index (χ0) is 15.0. The van der Waals surface area contributed by atoms with Crippen LogP contribution in [-0.2, 0) is 4.74 Å². The van der Waals surface area contributed by atoms with Gasteiger partial charge in [-0.15, -0.1) is 0 Å². The summed E-state index contributed by atoms with van der Waals surface area (Å²) < 4.78 is 10.0. The summed E-state index contributed by atoms with van der Waals surface area (Å²) in [5.74, 6) is 0.196. The molecule has 2 unspecified atom stereocenters. The van der Waals surface area contributed by atoms with Crippen LogP contribution >= 0.6 is 11.5 Å². The lowest BCUT2D eigenvalue weighted by molar-refractivity contribution is 0.0258. The van der Waals surface area contributed by atoms with Crippen LogP contribution in [0.4, 0.5) is 10.8 Å². The molecule has 0 radical (unpaired) electrons. The number of nitrogens with zero attached hydrogens (tertiary/aromatic N) is 2. The highest BCUT2D eigenvalue weighted by Gasteiger charge is 2.38. The van der Waals surface area contributed by atoms with Gasteiger partial charge in [0, 0.05) is 12.6 Å². The number of ether oxygens (including phenoxy) is 1. The van der Waals surface area contributed by atoms with Gasteiger partial charge in [-0.2, -0.15) is 4.37 Å². The number of carbonyl (C=O) groups is 1. The van der Waals surface area contributed by atoms with Crippen molar-refractivity contribution < 1.29 is 9.53 Å². The largest absolute Gasteiger partial charge is 0.382 e. The van der Waals surface area contributed by atoms with Crippen LogP contribution in [0.1, 0.15) is 43.5 Å². The van der Waals surface area contributed by atoms with E-state index in [-0.39, 0.29) is 18.1 Å². The number of nitrogens with two attached hydrogens (primary N) is 1. The number of morpholine rings is 1. The normalized spacial score (nSPS) is 25.2. The number of amides is 1. The van der Waals surface area contributed by atoms with Gasteiger partial charge >= 0.3 is 0 Å². The van der Waals surface area contributed by atoms with E-state index < -0.39 is 0 Å². The molecule has 2 aliphatic rings. The zero-order valence-corrected chi connectivity index (χ0v) is 13.3. The van der Waals surface area contributed by atoms with Crippen molar-refractivity contribution in [3.63, 3.8) is 0 Å². The Hall–Kier alpha value is -1.34. The maximum absolute atomic E-state index is 12.4. The average Bonchev–Trinajstić information content (AvgIpc) is 3.03. The number of aromatic nitrogens is 1. The lowest BCUT2D eigenvalue weighted by atomic mass is 10.1. The van der Waals surface area contributed by atoms with Crippen LogP contribution < -0.4 is 16.0 Å². The molecule has 1 saturated heterocycles. The Balaban J connectivity index is 1.90. The van der Waals surface area contributed by atoms with Crippen molar-refractivity contribution in [1.29, 1.82) is 0 Å². The lowest BCUT2D eigenvalue weighted by Gasteiger charge is -2.38. The highest BCUT2D eigenvalue weighted by Crippen LogP contribution is 2.38. The standard InChI is InChI=1S/C14H22N4O2S/c1-8(2)16-13(19)11-12(15)17-21-14(11)18-6-7-20-10-5-3-4-9(10)18/h8-10H,3-7H2,1-2H3,(H2,15,17)(H,16,19). The Morgan fingerprint density at radius 1 is 1.52 bits per heavy atom. The molecule has 116 valence electrons. The van der Waals surface area contributed by atoms with Crippen molar-refractivity contribution in [1.82, 2.24) is 9.69 Å². The second-order valence-corrected chi connectivity index (χ2v) is 6.73. The van der Waals surface area contributed by atoms with Crippen LogP contribution in [0.5, 0.6) is 0 Å². The van der Waals surface area contributed by atoms with Crippen LogP contribution in [0.25, 0.3) is 0 Å². The molecule has 7 heteroatoms. The van der Waals surface area contributed by atoms with Gasteiger partial charge in [0.2, 0.25) is 0 Å². The molecule has 0 spiro atoms. The SMILES string of the molecule is CC(C)NC(=O)c1c(N)nsc1N1CCOC2CCCC21. The summed E-state index contributed by atoms with van der Waals surface area (Å²) in [5.41, 5.74) is 6.47. The summed E-state index contributed by atoms with van der Waals surface area (Å²) >= 11 is 1.32. The van der Waals surface area contributed by atoms with Crippen molar-refractivity contribution in [2.24, 2.45) is 0 Å². The minimum Gasteiger partial charge on any atom is -0.382 e. The summed E-state index contributed by atoms with van der Waals surface area (Å²) in [6.07, 6.45) is 3.66. The second kappa shape index (κ2) is 5.81. The fourth-order valence-corrected chi connectivity index (χ4v) is 4.11. The van der Waals surface area contributed by atoms with Crippen molar-refractivity contribution >= 4 is 28.3 Å². The van der Waals surface area contributed by atoms with E-state index in [0.29, 0.717) is 24.0 Å². The molecule has 1 aromatic rings. The molecule has 1 aliphatic carbocycles. The first-order valence-electron chi connectivity index (χ1n) is 7.52. The van der Waals surface area contributed by atoms with Crippen molar-refractivity contribution in [2.75, 3.05) is 23.8 Å². The molecule has 2 atom stereocenters. The smallest absolute Gasteiger partial charge is 0.258 e. The first-order chi connectivity index (χ1) is 10.1. The molecular formula is C14H22N4O2S. The van der Waals surface area contributed by atoms with E-state index in [2.05, 4.69) is 14.6 Å². The summed E-state index contributed by atoms with van der Waals surface area (Å²) in [4.78, 5) is 14.7. The van der Waals surface area contributed by atoms with Crippen molar-refractivity contribution in [2.45, 2.75) is 51.3 Å². The number of rotatable bonds is 3. The molecule has 2 heterocycles. The predicted molar refractivity (Wildman–Crippen MR) is 83.9 cm³/mol. The molecule has 3 rings (SSSR count). The van der Waals surface area contributed by atoms with Gasteiger partial charge in [0.15, 0.2) is 5.82 Å². The number of nitrogen functional groups attached to an aromatic ring is 1. The number of hydrogen-bond donors (Lipinski definition) is 2. The third kappa shape index (κ3) is 2.72. The quantitative estimate of drug-likeness (QED) is 0.887. The molecule has 3 N–H and O–H groups in total. The Morgan fingerprint density at radius 3 is 3.10 bits per heavy atom. The molecule has 2 fully saturated rings. The van der Waals surface area contributed by atoms with E-state index in [0.717, 1.165) is 24.4 Å². The third-order valence-electron chi connectivity index (χ3n) is 4.09. The molecule has 1 saturated carbocycles. The van der Waals surface area contributed by atoms with Gasteiger partial charge in [0.25, 0.3) is 5.91 Å². The maximum Gasteiger partial charge on any atom is 0.258 e. The minimum absolute atomic E-state index is 0.0774. The van der Waals surface area contributed by atoms with Crippen LogP contribution in [-0.4, -0.2) is 41.6 Å². The zero-order valence-electron chi connectivity index (χ0n) is 12.5. The number of anilines is 2. The molecule has 0 bridgehead atoms. The second-order valence-electron chi connectivity index (χ2n) is 5.98. The molecule has 1 aliphatic heterocycles. The molecule has 1 amide bonds. The van der Waals surface area contributed by atoms with Gasteiger partial charge < -0.3 is 20.7 Å². The highest BCUT2D eigenvalue weighted by atomic mass is 32.1. The first-order valence-corrected chi connectivity index (χ1v) is 8.29. The fourth-order valence-electron chi connectivity index (χ4n) is 3.21. The van der Waals surface area contributed by atoms with Gasteiger partial charge in [-0.05, 0) is 44.6 Å². The van der Waals surface area contributed by atoms with Crippen molar-refractivity contribution in [3.8, 4) is 0 Å². The summed E-state index contributed by atoms with van der Waals surface area (Å²) in [7, 11) is 0. The lowest BCUT2D eigenvalue weighted by Crippen LogP contribution is -2.49. The summed E-state index contributed by atoms with van der Waals surface area (Å²) in [5, 5.41) is 3.81.